The number of hydrogen-bond donors (Lipinski definition) is 1. The van der Waals surface area contributed by atoms with Gasteiger partial charge in [0, 0.05) is 22.9 Å². The molecule has 1 N–H and O–H groups in total. The Balaban J connectivity index is 1.95. The van der Waals surface area contributed by atoms with Crippen molar-refractivity contribution < 1.29 is 14.8 Å². The number of halogens is 1. The molecule has 23 heavy (non-hydrogen) atoms. The number of nitro benzene ring substituents is 1. The second-order valence-electron chi connectivity index (χ2n) is 4.82. The molecule has 0 radical (unpaired) electrons. The van der Waals surface area contributed by atoms with E-state index in [0.29, 0.717) is 13.2 Å². The lowest BCUT2D eigenvalue weighted by atomic mass is 10.2. The van der Waals surface area contributed by atoms with Gasteiger partial charge in [-0.15, -0.1) is 0 Å². The Morgan fingerprint density at radius 3 is 2.70 bits per heavy atom. The summed E-state index contributed by atoms with van der Waals surface area (Å²) < 4.78 is 5.50. The van der Waals surface area contributed by atoms with E-state index in [1.54, 1.807) is 0 Å². The van der Waals surface area contributed by atoms with E-state index in [2.05, 4.69) is 4.99 Å². The zero-order valence-corrected chi connectivity index (χ0v) is 13.2. The van der Waals surface area contributed by atoms with Crippen molar-refractivity contribution in [2.45, 2.75) is 6.92 Å². The van der Waals surface area contributed by atoms with Gasteiger partial charge in [-0.1, -0.05) is 29.3 Å². The molecule has 0 fully saturated rings. The average molecular weight is 335 g/mol. The van der Waals surface area contributed by atoms with Gasteiger partial charge >= 0.3 is 5.69 Å². The van der Waals surface area contributed by atoms with Crippen molar-refractivity contribution in [1.29, 1.82) is 0 Å². The van der Waals surface area contributed by atoms with Crippen LogP contribution < -0.4 is 4.74 Å². The van der Waals surface area contributed by atoms with E-state index in [4.69, 9.17) is 16.3 Å². The van der Waals surface area contributed by atoms with Gasteiger partial charge in [0.15, 0.2) is 0 Å². The van der Waals surface area contributed by atoms with Crippen molar-refractivity contribution in [2.24, 2.45) is 4.99 Å². The molecule has 0 unspecified atom stereocenters. The van der Waals surface area contributed by atoms with Gasteiger partial charge in [-0.2, -0.15) is 0 Å². The minimum Gasteiger partial charge on any atom is -0.502 e. The number of ether oxygens (including phenoxy) is 1. The normalized spacial score (nSPS) is 10.9. The van der Waals surface area contributed by atoms with Crippen LogP contribution in [0.1, 0.15) is 11.1 Å². The summed E-state index contributed by atoms with van der Waals surface area (Å²) in [6.07, 6.45) is 1.34. The van der Waals surface area contributed by atoms with Crippen molar-refractivity contribution in [1.82, 2.24) is 0 Å². The molecule has 0 aliphatic rings. The van der Waals surface area contributed by atoms with Crippen molar-refractivity contribution in [3.05, 3.63) is 62.7 Å². The quantitative estimate of drug-likeness (QED) is 0.377. The third-order valence-electron chi connectivity index (χ3n) is 3.02. The van der Waals surface area contributed by atoms with Gasteiger partial charge in [-0.3, -0.25) is 15.1 Å². The number of nitro groups is 1. The van der Waals surface area contributed by atoms with Crippen LogP contribution in [0, 0.1) is 17.0 Å². The molecule has 7 heteroatoms. The molecule has 120 valence electrons. The average Bonchev–Trinajstić information content (AvgIpc) is 2.51. The minimum absolute atomic E-state index is 0.159. The van der Waals surface area contributed by atoms with Crippen LogP contribution in [0.25, 0.3) is 0 Å². The summed E-state index contributed by atoms with van der Waals surface area (Å²) in [5, 5.41) is 20.8. The topological polar surface area (TPSA) is 85.0 Å². The molecule has 0 saturated carbocycles. The third-order valence-corrected chi connectivity index (χ3v) is 3.24. The van der Waals surface area contributed by atoms with E-state index in [0.717, 1.165) is 17.4 Å². The van der Waals surface area contributed by atoms with E-state index in [-0.39, 0.29) is 10.6 Å². The third kappa shape index (κ3) is 4.69. The predicted molar refractivity (Wildman–Crippen MR) is 88.9 cm³/mol. The fraction of sp³-hybridized carbons (Fsp3) is 0.188. The smallest absolute Gasteiger partial charge is 0.312 e. The Morgan fingerprint density at radius 2 is 2.04 bits per heavy atom. The van der Waals surface area contributed by atoms with Gasteiger partial charge in [-0.05, 0) is 25.1 Å². The highest BCUT2D eigenvalue weighted by Gasteiger charge is 2.17. The number of nitrogens with zero attached hydrogens (tertiary/aromatic N) is 2. The molecule has 0 spiro atoms. The first-order chi connectivity index (χ1) is 11.0. The standard InChI is InChI=1S/C16H15ClN2O4/c1-11-2-4-14(5-3-11)23-7-6-18-10-12-8-13(17)9-15(16(12)20)19(21)22/h2-5,8-10,20H,6-7H2,1H3. The van der Waals surface area contributed by atoms with E-state index < -0.39 is 16.4 Å². The van der Waals surface area contributed by atoms with Gasteiger partial charge in [0.2, 0.25) is 5.75 Å². The Bertz CT molecular complexity index is 730. The lowest BCUT2D eigenvalue weighted by Gasteiger charge is -2.04. The highest BCUT2D eigenvalue weighted by molar-refractivity contribution is 6.31. The van der Waals surface area contributed by atoms with Crippen LogP contribution in [0.2, 0.25) is 5.02 Å². The number of aryl methyl sites for hydroxylation is 1. The van der Waals surface area contributed by atoms with E-state index in [1.165, 1.54) is 12.3 Å². The Labute approximate surface area is 138 Å². The van der Waals surface area contributed by atoms with Crippen LogP contribution >= 0.6 is 11.6 Å². The maximum absolute atomic E-state index is 10.8. The summed E-state index contributed by atoms with van der Waals surface area (Å²) in [5.74, 6) is 0.287. The maximum Gasteiger partial charge on any atom is 0.312 e. The molecule has 2 aromatic carbocycles. The molecule has 0 atom stereocenters. The Morgan fingerprint density at radius 1 is 1.35 bits per heavy atom. The van der Waals surface area contributed by atoms with E-state index in [9.17, 15) is 15.2 Å². The molecule has 6 nitrogen and oxygen atoms in total. The molecule has 0 amide bonds. The lowest BCUT2D eigenvalue weighted by Crippen LogP contribution is -2.01. The molecular weight excluding hydrogens is 320 g/mol. The fourth-order valence-electron chi connectivity index (χ4n) is 1.86. The van der Waals surface area contributed by atoms with Gasteiger partial charge < -0.3 is 9.84 Å². The summed E-state index contributed by atoms with van der Waals surface area (Å²) in [5.41, 5.74) is 0.891. The largest absolute Gasteiger partial charge is 0.502 e. The van der Waals surface area contributed by atoms with Crippen molar-refractivity contribution >= 4 is 23.5 Å². The first-order valence-electron chi connectivity index (χ1n) is 6.83. The summed E-state index contributed by atoms with van der Waals surface area (Å²) in [6, 6.07) is 10.1. The lowest BCUT2D eigenvalue weighted by molar-refractivity contribution is -0.385. The summed E-state index contributed by atoms with van der Waals surface area (Å²) >= 11 is 5.80. The number of phenolic OH excluding ortho intramolecular Hbond substituents is 1. The second-order valence-corrected chi connectivity index (χ2v) is 5.25. The fourth-order valence-corrected chi connectivity index (χ4v) is 2.08. The molecule has 0 aromatic heterocycles. The maximum atomic E-state index is 10.8. The summed E-state index contributed by atoms with van der Waals surface area (Å²) in [7, 11) is 0. The van der Waals surface area contributed by atoms with E-state index >= 15 is 0 Å². The Hall–Kier alpha value is -2.60. The zero-order valence-electron chi connectivity index (χ0n) is 12.4. The molecule has 0 bridgehead atoms. The number of aliphatic imine (C=N–C) groups is 1. The monoisotopic (exact) mass is 334 g/mol. The molecule has 0 saturated heterocycles. The van der Waals surface area contributed by atoms with Crippen LogP contribution in [-0.4, -0.2) is 29.4 Å². The number of hydrogen-bond acceptors (Lipinski definition) is 5. The van der Waals surface area contributed by atoms with Crippen molar-refractivity contribution in [3.63, 3.8) is 0 Å². The van der Waals surface area contributed by atoms with Crippen molar-refractivity contribution in [2.75, 3.05) is 13.2 Å². The number of rotatable bonds is 6. The van der Waals surface area contributed by atoms with Gasteiger partial charge in [0.05, 0.1) is 11.5 Å². The van der Waals surface area contributed by atoms with Gasteiger partial charge in [0.1, 0.15) is 12.4 Å². The predicted octanol–water partition coefficient (Wildman–Crippen LogP) is 3.76. The summed E-state index contributed by atoms with van der Waals surface area (Å²) in [6.45, 7) is 2.68. The first kappa shape index (κ1) is 16.8. The highest BCUT2D eigenvalue weighted by Crippen LogP contribution is 2.32. The van der Waals surface area contributed by atoms with Gasteiger partial charge in [-0.25, -0.2) is 0 Å². The number of aromatic hydroxyl groups is 1. The SMILES string of the molecule is Cc1ccc(OCCN=Cc2cc(Cl)cc([N+](=O)[O-])c2O)cc1. The van der Waals surface area contributed by atoms with Crippen LogP contribution in [0.15, 0.2) is 41.4 Å². The second kappa shape index (κ2) is 7.60. The number of phenols is 1. The summed E-state index contributed by atoms with van der Waals surface area (Å²) in [4.78, 5) is 14.2. The molecule has 0 aliphatic carbocycles. The minimum atomic E-state index is -0.695. The van der Waals surface area contributed by atoms with Crippen LogP contribution in [-0.2, 0) is 0 Å². The molecule has 0 heterocycles. The van der Waals surface area contributed by atoms with Crippen LogP contribution in [0.5, 0.6) is 11.5 Å². The molecule has 0 aliphatic heterocycles. The van der Waals surface area contributed by atoms with Gasteiger partial charge in [0.25, 0.3) is 0 Å². The van der Waals surface area contributed by atoms with E-state index in [1.807, 2.05) is 31.2 Å². The zero-order chi connectivity index (χ0) is 16.8. The Kier molecular flexibility index (Phi) is 5.54. The van der Waals surface area contributed by atoms with Crippen LogP contribution in [0.4, 0.5) is 5.69 Å². The van der Waals surface area contributed by atoms with Crippen LogP contribution in [0.3, 0.4) is 0 Å². The first-order valence-corrected chi connectivity index (χ1v) is 7.21. The van der Waals surface area contributed by atoms with Crippen molar-refractivity contribution in [3.8, 4) is 11.5 Å². The number of benzene rings is 2. The molecule has 2 rings (SSSR count). The highest BCUT2D eigenvalue weighted by atomic mass is 35.5. The molecule has 2 aromatic rings. The molecular formula is C16H15ClN2O4.